The van der Waals surface area contributed by atoms with E-state index >= 15 is 0 Å². The Morgan fingerprint density at radius 3 is 2.41 bits per heavy atom. The number of ether oxygens (including phenoxy) is 2. The quantitative estimate of drug-likeness (QED) is 0.255. The molecule has 1 aliphatic carbocycles. The first kappa shape index (κ1) is 31.4. The Kier molecular flexibility index (Phi) is 8.90. The monoisotopic (exact) mass is 642 g/mol. The topological polar surface area (TPSA) is 136 Å². The summed E-state index contributed by atoms with van der Waals surface area (Å²) in [5, 5.41) is 0. The summed E-state index contributed by atoms with van der Waals surface area (Å²) in [4.78, 5) is 33.9. The first-order chi connectivity index (χ1) is 22.1. The average Bonchev–Trinajstić information content (AvgIpc) is 3.84. The van der Waals surface area contributed by atoms with Crippen LogP contribution < -0.4 is 14.2 Å². The van der Waals surface area contributed by atoms with E-state index in [9.17, 15) is 13.2 Å². The van der Waals surface area contributed by atoms with E-state index in [1.807, 2.05) is 45.9 Å². The molecule has 240 valence electrons. The first-order valence-corrected chi connectivity index (χ1v) is 17.0. The molecular formula is C34H38N6O5S. The van der Waals surface area contributed by atoms with Crippen LogP contribution in [0.15, 0.2) is 65.8 Å². The number of fused-ring (bicyclic) bond motifs is 4. The molecule has 4 bridgehead atoms. The van der Waals surface area contributed by atoms with Crippen LogP contribution in [0.5, 0.6) is 11.6 Å². The molecule has 2 aliphatic rings. The van der Waals surface area contributed by atoms with Crippen LogP contribution in [0.1, 0.15) is 66.8 Å². The summed E-state index contributed by atoms with van der Waals surface area (Å²) in [6.07, 6.45) is 7.11. The van der Waals surface area contributed by atoms with Gasteiger partial charge in [-0.2, -0.15) is 4.98 Å². The number of carbonyl (C=O) groups is 1. The first-order valence-electron chi connectivity index (χ1n) is 15.6. The van der Waals surface area contributed by atoms with E-state index in [0.717, 1.165) is 23.1 Å². The van der Waals surface area contributed by atoms with Crippen LogP contribution in [0.3, 0.4) is 0 Å². The highest BCUT2D eigenvalue weighted by Gasteiger charge is 2.31. The van der Waals surface area contributed by atoms with Gasteiger partial charge >= 0.3 is 0 Å². The van der Waals surface area contributed by atoms with Crippen LogP contribution in [0.2, 0.25) is 0 Å². The van der Waals surface area contributed by atoms with E-state index in [1.54, 1.807) is 35.5 Å². The molecule has 4 aromatic rings. The minimum atomic E-state index is -4.16. The molecular weight excluding hydrogens is 604 g/mol. The summed E-state index contributed by atoms with van der Waals surface area (Å²) in [7, 11) is -4.16. The molecule has 3 heterocycles. The van der Waals surface area contributed by atoms with Crippen molar-refractivity contribution in [1.82, 2.24) is 24.8 Å². The summed E-state index contributed by atoms with van der Waals surface area (Å²) in [6.45, 7) is 8.02. The molecule has 2 aromatic carbocycles. The molecule has 0 spiro atoms. The third-order valence-electron chi connectivity index (χ3n) is 8.15. The molecule has 1 atom stereocenters. The summed E-state index contributed by atoms with van der Waals surface area (Å²) in [5.41, 5.74) is 3.58. The summed E-state index contributed by atoms with van der Waals surface area (Å²) in [5.74, 6) is 1.32. The van der Waals surface area contributed by atoms with Crippen LogP contribution in [0.25, 0.3) is 11.3 Å². The largest absolute Gasteiger partial charge is 0.488 e. The number of rotatable bonds is 8. The SMILES string of the molecule is Cc1cccc(C)c1-c1cc2nc(n1)NS(=O)(=O)c1cccc(c1)C(=O)N(Cc1ncc(OC(C)C)cn1)[C@H](CCC1CC1)CO2. The van der Waals surface area contributed by atoms with Crippen molar-refractivity contribution in [2.24, 2.45) is 5.92 Å². The van der Waals surface area contributed by atoms with Gasteiger partial charge in [0.15, 0.2) is 5.75 Å². The van der Waals surface area contributed by atoms with Crippen molar-refractivity contribution < 1.29 is 22.7 Å². The standard InChI is InChI=1S/C34H38N6O5S/c1-21(2)45-27-17-35-30(36-18-27)19-40-26(14-13-24-11-12-24)20-44-31-16-29(32-22(3)7-5-8-23(32)4)37-34(38-31)39-46(42,43)28-10-6-9-25(15-28)33(40)41/h5-10,15-18,21,24,26H,11-14,19-20H2,1-4H3,(H,37,38,39)/t26-/m1/s1. The predicted octanol–water partition coefficient (Wildman–Crippen LogP) is 5.73. The number of aryl methyl sites for hydroxylation is 2. The molecule has 6 rings (SSSR count). The fraction of sp³-hybridized carbons (Fsp3) is 0.382. The fourth-order valence-corrected chi connectivity index (χ4v) is 6.64. The Morgan fingerprint density at radius 1 is 1.00 bits per heavy atom. The van der Waals surface area contributed by atoms with Crippen molar-refractivity contribution in [2.75, 3.05) is 11.3 Å². The maximum atomic E-state index is 14.3. The second kappa shape index (κ2) is 13.0. The van der Waals surface area contributed by atoms with Crippen LogP contribution >= 0.6 is 0 Å². The minimum absolute atomic E-state index is 0.0327. The number of benzene rings is 2. The highest BCUT2D eigenvalue weighted by molar-refractivity contribution is 7.92. The molecule has 1 N–H and O–H groups in total. The van der Waals surface area contributed by atoms with Crippen LogP contribution in [-0.2, 0) is 16.6 Å². The summed E-state index contributed by atoms with van der Waals surface area (Å²) in [6, 6.07) is 13.2. The minimum Gasteiger partial charge on any atom is -0.488 e. The van der Waals surface area contributed by atoms with Crippen molar-refractivity contribution >= 4 is 21.9 Å². The Bertz CT molecular complexity index is 1820. The lowest BCUT2D eigenvalue weighted by atomic mass is 10.00. The van der Waals surface area contributed by atoms with E-state index in [-0.39, 0.29) is 53.5 Å². The van der Waals surface area contributed by atoms with Crippen molar-refractivity contribution in [2.45, 2.75) is 77.0 Å². The Labute approximate surface area is 269 Å². The molecule has 0 unspecified atom stereocenters. The second-order valence-corrected chi connectivity index (χ2v) is 13.9. The lowest BCUT2D eigenvalue weighted by molar-refractivity contribution is 0.0560. The van der Waals surface area contributed by atoms with E-state index in [4.69, 9.17) is 9.47 Å². The van der Waals surface area contributed by atoms with Crippen molar-refractivity contribution in [3.05, 3.63) is 83.4 Å². The lowest BCUT2D eigenvalue weighted by Gasteiger charge is -2.31. The number of anilines is 1. The fourth-order valence-electron chi connectivity index (χ4n) is 5.65. The van der Waals surface area contributed by atoms with Gasteiger partial charge in [-0.25, -0.2) is 28.1 Å². The van der Waals surface area contributed by atoms with Gasteiger partial charge in [0, 0.05) is 17.2 Å². The molecule has 1 aliphatic heterocycles. The molecule has 46 heavy (non-hydrogen) atoms. The lowest BCUT2D eigenvalue weighted by Crippen LogP contribution is -2.44. The molecule has 2 aromatic heterocycles. The highest BCUT2D eigenvalue weighted by atomic mass is 32.2. The third-order valence-corrected chi connectivity index (χ3v) is 9.48. The molecule has 1 saturated carbocycles. The van der Waals surface area contributed by atoms with Gasteiger partial charge in [0.1, 0.15) is 12.4 Å². The number of nitrogens with one attached hydrogen (secondary N) is 1. The zero-order chi connectivity index (χ0) is 32.4. The summed E-state index contributed by atoms with van der Waals surface area (Å²) >= 11 is 0. The Morgan fingerprint density at radius 2 is 1.72 bits per heavy atom. The van der Waals surface area contributed by atoms with Gasteiger partial charge < -0.3 is 14.4 Å². The van der Waals surface area contributed by atoms with Gasteiger partial charge in [-0.1, -0.05) is 37.1 Å². The second-order valence-electron chi connectivity index (χ2n) is 12.2. The maximum absolute atomic E-state index is 14.3. The number of hydrogen-bond donors (Lipinski definition) is 1. The highest BCUT2D eigenvalue weighted by Crippen LogP contribution is 2.35. The number of amides is 1. The van der Waals surface area contributed by atoms with Crippen LogP contribution in [0.4, 0.5) is 5.95 Å². The number of aromatic nitrogens is 4. The van der Waals surface area contributed by atoms with Gasteiger partial charge in [-0.15, -0.1) is 0 Å². The van der Waals surface area contributed by atoms with Gasteiger partial charge in [-0.3, -0.25) is 4.79 Å². The van der Waals surface area contributed by atoms with Crippen LogP contribution in [0, 0.1) is 19.8 Å². The zero-order valence-corrected chi connectivity index (χ0v) is 27.3. The average molecular weight is 643 g/mol. The molecule has 0 saturated heterocycles. The van der Waals surface area contributed by atoms with Gasteiger partial charge in [0.25, 0.3) is 15.9 Å². The summed E-state index contributed by atoms with van der Waals surface area (Å²) < 4.78 is 41.8. The predicted molar refractivity (Wildman–Crippen MR) is 173 cm³/mol. The number of carbonyl (C=O) groups excluding carboxylic acids is 1. The van der Waals surface area contributed by atoms with E-state index in [2.05, 4.69) is 24.7 Å². The third kappa shape index (κ3) is 7.28. The zero-order valence-electron chi connectivity index (χ0n) is 26.4. The molecule has 11 nitrogen and oxygen atoms in total. The maximum Gasteiger partial charge on any atom is 0.264 e. The van der Waals surface area contributed by atoms with Gasteiger partial charge in [-0.05, 0) is 75.8 Å². The normalized spacial score (nSPS) is 17.7. The molecule has 1 fully saturated rings. The van der Waals surface area contributed by atoms with Gasteiger partial charge in [0.2, 0.25) is 11.8 Å². The van der Waals surface area contributed by atoms with E-state index in [0.29, 0.717) is 29.6 Å². The van der Waals surface area contributed by atoms with Crippen molar-refractivity contribution in [1.29, 1.82) is 0 Å². The van der Waals surface area contributed by atoms with Gasteiger partial charge in [0.05, 0.1) is 41.7 Å². The molecule has 0 radical (unpaired) electrons. The van der Waals surface area contributed by atoms with E-state index < -0.39 is 10.0 Å². The number of hydrogen-bond acceptors (Lipinski definition) is 9. The molecule has 1 amide bonds. The van der Waals surface area contributed by atoms with E-state index in [1.165, 1.54) is 25.0 Å². The van der Waals surface area contributed by atoms with Crippen molar-refractivity contribution in [3.8, 4) is 22.9 Å². The number of sulfonamides is 1. The number of nitrogens with zero attached hydrogens (tertiary/aromatic N) is 5. The molecule has 12 heteroatoms. The smallest absolute Gasteiger partial charge is 0.264 e. The van der Waals surface area contributed by atoms with Crippen molar-refractivity contribution in [3.63, 3.8) is 0 Å². The van der Waals surface area contributed by atoms with Crippen LogP contribution in [-0.4, -0.2) is 57.9 Å². The Hall–Kier alpha value is -4.58. The Balaban J connectivity index is 1.43.